The molecule has 0 saturated heterocycles. The summed E-state index contributed by atoms with van der Waals surface area (Å²) in [6.45, 7) is 0. The Labute approximate surface area is 66.8 Å². The molecule has 11 heavy (non-hydrogen) atoms. The Morgan fingerprint density at radius 2 is 2.27 bits per heavy atom. The van der Waals surface area contributed by atoms with E-state index in [1.165, 1.54) is 17.2 Å². The van der Waals surface area contributed by atoms with Gasteiger partial charge in [0.25, 0.3) is 0 Å². The normalized spacial score (nSPS) is 10.6. The second kappa shape index (κ2) is 2.06. The van der Waals surface area contributed by atoms with Crippen LogP contribution in [-0.2, 0) is 0 Å². The number of nitrogens with zero attached hydrogens (tertiary/aromatic N) is 4. The zero-order valence-electron chi connectivity index (χ0n) is 5.40. The van der Waals surface area contributed by atoms with Crippen LogP contribution in [0.2, 0.25) is 5.28 Å². The fourth-order valence-corrected chi connectivity index (χ4v) is 0.935. The molecule has 2 N–H and O–H groups in total. The minimum Gasteiger partial charge on any atom is -0.336 e. The van der Waals surface area contributed by atoms with Gasteiger partial charge in [-0.3, -0.25) is 0 Å². The Bertz CT molecular complexity index is 395. The smallest absolute Gasteiger partial charge is 0.224 e. The van der Waals surface area contributed by atoms with Gasteiger partial charge in [0.05, 0.1) is 6.20 Å². The van der Waals surface area contributed by atoms with Crippen LogP contribution in [0.4, 0.5) is 0 Å². The predicted molar refractivity (Wildman–Crippen MR) is 40.5 cm³/mol. The van der Waals surface area contributed by atoms with E-state index in [4.69, 9.17) is 17.4 Å². The van der Waals surface area contributed by atoms with Crippen LogP contribution in [0.25, 0.3) is 11.2 Å². The Morgan fingerprint density at radius 3 is 3.09 bits per heavy atom. The van der Waals surface area contributed by atoms with Crippen LogP contribution < -0.4 is 5.84 Å². The number of hydrogen-bond donors (Lipinski definition) is 1. The minimum absolute atomic E-state index is 0.171. The number of nitrogen functional groups attached to an aromatic ring is 1. The third-order valence-corrected chi connectivity index (χ3v) is 1.47. The first-order valence-electron chi connectivity index (χ1n) is 2.88. The lowest BCUT2D eigenvalue weighted by Gasteiger charge is -1.91. The zero-order valence-corrected chi connectivity index (χ0v) is 6.15. The van der Waals surface area contributed by atoms with Gasteiger partial charge in [0.15, 0.2) is 5.65 Å². The maximum absolute atomic E-state index is 5.53. The van der Waals surface area contributed by atoms with E-state index in [-0.39, 0.29) is 5.28 Å². The summed E-state index contributed by atoms with van der Waals surface area (Å²) >= 11 is 5.53. The summed E-state index contributed by atoms with van der Waals surface area (Å²) in [6.07, 6.45) is 2.98. The third kappa shape index (κ3) is 0.894. The molecule has 0 radical (unpaired) electrons. The van der Waals surface area contributed by atoms with Crippen molar-refractivity contribution in [3.8, 4) is 0 Å². The molecule has 0 aliphatic rings. The lowest BCUT2D eigenvalue weighted by atomic mass is 10.6. The Hall–Kier alpha value is -1.36. The first kappa shape index (κ1) is 6.36. The van der Waals surface area contributed by atoms with Gasteiger partial charge in [0.1, 0.15) is 11.8 Å². The van der Waals surface area contributed by atoms with Crippen molar-refractivity contribution in [3.05, 3.63) is 17.8 Å². The maximum atomic E-state index is 5.53. The first-order chi connectivity index (χ1) is 5.27. The molecule has 2 rings (SSSR count). The van der Waals surface area contributed by atoms with Crippen molar-refractivity contribution in [2.24, 2.45) is 0 Å². The summed E-state index contributed by atoms with van der Waals surface area (Å²) in [5, 5.41) is 0.171. The molecule has 2 aromatic heterocycles. The van der Waals surface area contributed by atoms with Gasteiger partial charge in [-0.15, -0.1) is 0 Å². The molecule has 0 aliphatic heterocycles. The second-order valence-corrected chi connectivity index (χ2v) is 2.34. The third-order valence-electron chi connectivity index (χ3n) is 1.29. The van der Waals surface area contributed by atoms with E-state index >= 15 is 0 Å². The van der Waals surface area contributed by atoms with Gasteiger partial charge < -0.3 is 5.84 Å². The van der Waals surface area contributed by atoms with Crippen LogP contribution in [0.1, 0.15) is 0 Å². The number of hydrogen-bond acceptors (Lipinski definition) is 4. The Kier molecular flexibility index (Phi) is 1.19. The molecule has 0 aliphatic carbocycles. The van der Waals surface area contributed by atoms with Crippen molar-refractivity contribution in [1.82, 2.24) is 19.6 Å². The highest BCUT2D eigenvalue weighted by Crippen LogP contribution is 2.08. The monoisotopic (exact) mass is 169 g/mol. The van der Waals surface area contributed by atoms with Crippen molar-refractivity contribution in [2.75, 3.05) is 5.84 Å². The molecule has 0 amide bonds. The molecule has 2 heterocycles. The molecule has 5 nitrogen and oxygen atoms in total. The molecule has 0 fully saturated rings. The first-order valence-corrected chi connectivity index (χ1v) is 3.26. The average Bonchev–Trinajstić information content (AvgIpc) is 2.33. The van der Waals surface area contributed by atoms with E-state index in [2.05, 4.69) is 15.0 Å². The maximum Gasteiger partial charge on any atom is 0.224 e. The van der Waals surface area contributed by atoms with Crippen LogP contribution in [0.15, 0.2) is 12.5 Å². The van der Waals surface area contributed by atoms with E-state index in [9.17, 15) is 0 Å². The molecule has 0 bridgehead atoms. The number of halogens is 1. The van der Waals surface area contributed by atoms with Gasteiger partial charge in [-0.05, 0) is 11.6 Å². The second-order valence-electron chi connectivity index (χ2n) is 2.00. The van der Waals surface area contributed by atoms with Crippen LogP contribution in [0.3, 0.4) is 0 Å². The van der Waals surface area contributed by atoms with Crippen LogP contribution >= 0.6 is 11.6 Å². The highest BCUT2D eigenvalue weighted by Gasteiger charge is 2.01. The van der Waals surface area contributed by atoms with Crippen molar-refractivity contribution < 1.29 is 0 Å². The van der Waals surface area contributed by atoms with Gasteiger partial charge in [0, 0.05) is 0 Å². The fourth-order valence-electron chi connectivity index (χ4n) is 0.806. The fraction of sp³-hybridized carbons (Fsp3) is 0. The highest BCUT2D eigenvalue weighted by atomic mass is 35.5. The molecule has 0 saturated carbocycles. The zero-order chi connectivity index (χ0) is 7.84. The van der Waals surface area contributed by atoms with Crippen LogP contribution in [0.5, 0.6) is 0 Å². The van der Waals surface area contributed by atoms with E-state index < -0.39 is 0 Å². The van der Waals surface area contributed by atoms with E-state index in [0.29, 0.717) is 11.2 Å². The molecule has 0 aromatic carbocycles. The van der Waals surface area contributed by atoms with Gasteiger partial charge in [-0.2, -0.15) is 4.98 Å². The number of rotatable bonds is 0. The predicted octanol–water partition coefficient (Wildman–Crippen LogP) is 0.193. The van der Waals surface area contributed by atoms with Gasteiger partial charge in [-0.25, -0.2) is 14.6 Å². The Morgan fingerprint density at radius 1 is 1.45 bits per heavy atom. The topological polar surface area (TPSA) is 69.6 Å². The number of nitrogens with two attached hydrogens (primary N) is 1. The van der Waals surface area contributed by atoms with E-state index in [0.717, 1.165) is 0 Å². The Balaban J connectivity index is 2.87. The summed E-state index contributed by atoms with van der Waals surface area (Å²) in [5.41, 5.74) is 1.17. The van der Waals surface area contributed by atoms with E-state index in [1.54, 1.807) is 0 Å². The lowest BCUT2D eigenvalue weighted by molar-refractivity contribution is 1.01. The summed E-state index contributed by atoms with van der Waals surface area (Å²) in [5.74, 6) is 5.45. The minimum atomic E-state index is 0.171. The quantitative estimate of drug-likeness (QED) is 0.452. The summed E-state index contributed by atoms with van der Waals surface area (Å²) in [7, 11) is 0. The van der Waals surface area contributed by atoms with E-state index in [1.807, 2.05) is 0 Å². The molecular weight excluding hydrogens is 166 g/mol. The van der Waals surface area contributed by atoms with Crippen molar-refractivity contribution in [3.63, 3.8) is 0 Å². The summed E-state index contributed by atoms with van der Waals surface area (Å²) < 4.78 is 1.29. The lowest BCUT2D eigenvalue weighted by Crippen LogP contribution is -2.06. The molecule has 0 unspecified atom stereocenters. The number of fused-ring (bicyclic) bond motifs is 1. The van der Waals surface area contributed by atoms with Crippen molar-refractivity contribution in [2.45, 2.75) is 0 Å². The molecule has 2 aromatic rings. The van der Waals surface area contributed by atoms with Crippen LogP contribution in [-0.4, -0.2) is 19.6 Å². The average molecular weight is 170 g/mol. The molecule has 0 spiro atoms. The molecule has 6 heteroatoms. The molecular formula is C5H4ClN5. The molecule has 56 valence electrons. The highest BCUT2D eigenvalue weighted by molar-refractivity contribution is 6.28. The largest absolute Gasteiger partial charge is 0.336 e. The van der Waals surface area contributed by atoms with Gasteiger partial charge >= 0.3 is 0 Å². The van der Waals surface area contributed by atoms with Crippen molar-refractivity contribution >= 4 is 22.8 Å². The van der Waals surface area contributed by atoms with Crippen molar-refractivity contribution in [1.29, 1.82) is 0 Å². The summed E-state index contributed by atoms with van der Waals surface area (Å²) in [4.78, 5) is 11.5. The van der Waals surface area contributed by atoms with Gasteiger partial charge in [-0.1, -0.05) is 0 Å². The SMILES string of the molecule is Nn1cnc2cnc(Cl)nc21. The van der Waals surface area contributed by atoms with Gasteiger partial charge in [0.2, 0.25) is 5.28 Å². The standard InChI is InChI=1S/C5H4ClN5/c6-5-8-1-3-4(10-5)11(7)2-9-3/h1-2H,7H2. The summed E-state index contributed by atoms with van der Waals surface area (Å²) in [6, 6.07) is 0. The van der Waals surface area contributed by atoms with Crippen LogP contribution in [0, 0.1) is 0 Å². The molecule has 0 atom stereocenters. The number of imidazole rings is 1. The number of aromatic nitrogens is 4.